The van der Waals surface area contributed by atoms with Crippen molar-refractivity contribution in [1.29, 1.82) is 0 Å². The van der Waals surface area contributed by atoms with Crippen molar-refractivity contribution in [3.05, 3.63) is 53.6 Å². The van der Waals surface area contributed by atoms with E-state index >= 15 is 0 Å². The molecule has 0 radical (unpaired) electrons. The standard InChI is InChI=1S/C22H30N2O3/c1-6-16-7-9-17(10-8-16)22(15(2)3)23-14-21(25)24-19-13-18(26-4)11-12-20(19)27-5/h7-13,15,22-23H,6,14H2,1-5H3,(H,24,25)/t22-/m0/s1. The maximum absolute atomic E-state index is 12.5. The van der Waals surface area contributed by atoms with Crippen molar-refractivity contribution in [2.24, 2.45) is 5.92 Å². The van der Waals surface area contributed by atoms with Gasteiger partial charge in [-0.25, -0.2) is 0 Å². The summed E-state index contributed by atoms with van der Waals surface area (Å²) < 4.78 is 10.5. The highest BCUT2D eigenvalue weighted by atomic mass is 16.5. The summed E-state index contributed by atoms with van der Waals surface area (Å²) in [6.07, 6.45) is 1.02. The fraction of sp³-hybridized carbons (Fsp3) is 0.409. The number of benzene rings is 2. The lowest BCUT2D eigenvalue weighted by Crippen LogP contribution is -2.33. The maximum atomic E-state index is 12.5. The number of methoxy groups -OCH3 is 2. The van der Waals surface area contributed by atoms with Gasteiger partial charge < -0.3 is 20.1 Å². The molecule has 27 heavy (non-hydrogen) atoms. The van der Waals surface area contributed by atoms with E-state index in [4.69, 9.17) is 9.47 Å². The zero-order valence-electron chi connectivity index (χ0n) is 16.8. The molecule has 0 aromatic heterocycles. The van der Waals surface area contributed by atoms with Gasteiger partial charge in [-0.05, 0) is 35.6 Å². The van der Waals surface area contributed by atoms with E-state index in [1.807, 2.05) is 0 Å². The number of aryl methyl sites for hydroxylation is 1. The minimum Gasteiger partial charge on any atom is -0.497 e. The molecule has 0 aliphatic heterocycles. The molecule has 0 saturated carbocycles. The normalized spacial score (nSPS) is 11.9. The van der Waals surface area contributed by atoms with E-state index in [-0.39, 0.29) is 18.5 Å². The summed E-state index contributed by atoms with van der Waals surface area (Å²) in [5.41, 5.74) is 3.09. The van der Waals surface area contributed by atoms with E-state index in [9.17, 15) is 4.79 Å². The minimum atomic E-state index is -0.127. The van der Waals surface area contributed by atoms with Crippen LogP contribution in [0.2, 0.25) is 0 Å². The van der Waals surface area contributed by atoms with Gasteiger partial charge in [0.15, 0.2) is 0 Å². The Morgan fingerprint density at radius 1 is 1.04 bits per heavy atom. The number of carbonyl (C=O) groups excluding carboxylic acids is 1. The van der Waals surface area contributed by atoms with Crippen molar-refractivity contribution in [1.82, 2.24) is 5.32 Å². The van der Waals surface area contributed by atoms with Crippen molar-refractivity contribution in [3.63, 3.8) is 0 Å². The van der Waals surface area contributed by atoms with Crippen LogP contribution in [-0.4, -0.2) is 26.7 Å². The van der Waals surface area contributed by atoms with Crippen LogP contribution in [0.3, 0.4) is 0 Å². The molecule has 2 rings (SSSR count). The van der Waals surface area contributed by atoms with E-state index in [0.717, 1.165) is 6.42 Å². The fourth-order valence-electron chi connectivity index (χ4n) is 3.01. The van der Waals surface area contributed by atoms with Crippen LogP contribution >= 0.6 is 0 Å². The van der Waals surface area contributed by atoms with Gasteiger partial charge in [0, 0.05) is 12.1 Å². The first-order chi connectivity index (χ1) is 13.0. The van der Waals surface area contributed by atoms with Crippen molar-refractivity contribution in [3.8, 4) is 11.5 Å². The van der Waals surface area contributed by atoms with Crippen LogP contribution in [-0.2, 0) is 11.2 Å². The SMILES string of the molecule is CCc1ccc([C@@H](NCC(=O)Nc2cc(OC)ccc2OC)C(C)C)cc1. The molecule has 1 amide bonds. The summed E-state index contributed by atoms with van der Waals surface area (Å²) >= 11 is 0. The number of anilines is 1. The summed E-state index contributed by atoms with van der Waals surface area (Å²) in [6, 6.07) is 14.0. The Balaban J connectivity index is 2.03. The van der Waals surface area contributed by atoms with E-state index in [1.54, 1.807) is 32.4 Å². The summed E-state index contributed by atoms with van der Waals surface area (Å²) in [6.45, 7) is 6.64. The van der Waals surface area contributed by atoms with E-state index in [1.165, 1.54) is 11.1 Å². The van der Waals surface area contributed by atoms with Gasteiger partial charge in [0.25, 0.3) is 0 Å². The third-order valence-corrected chi connectivity index (χ3v) is 4.58. The zero-order chi connectivity index (χ0) is 19.8. The lowest BCUT2D eigenvalue weighted by molar-refractivity contribution is -0.115. The smallest absolute Gasteiger partial charge is 0.238 e. The molecule has 2 aromatic carbocycles. The summed E-state index contributed by atoms with van der Waals surface area (Å²) in [4.78, 5) is 12.5. The largest absolute Gasteiger partial charge is 0.497 e. The highest BCUT2D eigenvalue weighted by Crippen LogP contribution is 2.29. The Labute approximate surface area is 162 Å². The quantitative estimate of drug-likeness (QED) is 0.695. The Hall–Kier alpha value is -2.53. The Morgan fingerprint density at radius 2 is 1.74 bits per heavy atom. The number of amides is 1. The number of ether oxygens (including phenoxy) is 2. The van der Waals surface area contributed by atoms with Crippen molar-refractivity contribution >= 4 is 11.6 Å². The van der Waals surface area contributed by atoms with Crippen LogP contribution in [0.15, 0.2) is 42.5 Å². The monoisotopic (exact) mass is 370 g/mol. The predicted octanol–water partition coefficient (Wildman–Crippen LogP) is 4.19. The van der Waals surface area contributed by atoms with Crippen molar-refractivity contribution in [2.75, 3.05) is 26.1 Å². The molecular weight excluding hydrogens is 340 g/mol. The first-order valence-corrected chi connectivity index (χ1v) is 9.32. The van der Waals surface area contributed by atoms with Gasteiger partial charge in [-0.15, -0.1) is 0 Å². The van der Waals surface area contributed by atoms with Crippen LogP contribution in [0.4, 0.5) is 5.69 Å². The Bertz CT molecular complexity index is 742. The highest BCUT2D eigenvalue weighted by molar-refractivity contribution is 5.94. The lowest BCUT2D eigenvalue weighted by Gasteiger charge is -2.23. The van der Waals surface area contributed by atoms with Gasteiger partial charge in [0.05, 0.1) is 26.5 Å². The molecular formula is C22H30N2O3. The van der Waals surface area contributed by atoms with Gasteiger partial charge in [0.1, 0.15) is 11.5 Å². The molecule has 146 valence electrons. The summed E-state index contributed by atoms with van der Waals surface area (Å²) in [5.74, 6) is 1.49. The molecule has 0 heterocycles. The number of hydrogen-bond donors (Lipinski definition) is 2. The van der Waals surface area contributed by atoms with Crippen molar-refractivity contribution < 1.29 is 14.3 Å². The minimum absolute atomic E-state index is 0.105. The second kappa shape index (κ2) is 9.97. The second-order valence-electron chi connectivity index (χ2n) is 6.81. The van der Waals surface area contributed by atoms with Crippen LogP contribution in [0.25, 0.3) is 0 Å². The number of nitrogens with one attached hydrogen (secondary N) is 2. The van der Waals surface area contributed by atoms with Gasteiger partial charge in [0.2, 0.25) is 5.91 Å². The molecule has 0 aliphatic rings. The molecule has 0 spiro atoms. The molecule has 0 saturated heterocycles. The molecule has 2 N–H and O–H groups in total. The fourth-order valence-corrected chi connectivity index (χ4v) is 3.01. The molecule has 0 unspecified atom stereocenters. The van der Waals surface area contributed by atoms with E-state index in [0.29, 0.717) is 23.1 Å². The molecule has 5 nitrogen and oxygen atoms in total. The van der Waals surface area contributed by atoms with E-state index in [2.05, 4.69) is 55.7 Å². The maximum Gasteiger partial charge on any atom is 0.238 e. The van der Waals surface area contributed by atoms with Crippen LogP contribution in [0.5, 0.6) is 11.5 Å². The summed E-state index contributed by atoms with van der Waals surface area (Å²) in [7, 11) is 3.16. The van der Waals surface area contributed by atoms with E-state index < -0.39 is 0 Å². The third kappa shape index (κ3) is 5.73. The first kappa shape index (κ1) is 20.8. The predicted molar refractivity (Wildman–Crippen MR) is 110 cm³/mol. The second-order valence-corrected chi connectivity index (χ2v) is 6.81. The van der Waals surface area contributed by atoms with Crippen LogP contribution in [0, 0.1) is 5.92 Å². The molecule has 0 bridgehead atoms. The first-order valence-electron chi connectivity index (χ1n) is 9.32. The topological polar surface area (TPSA) is 59.6 Å². The van der Waals surface area contributed by atoms with Crippen LogP contribution < -0.4 is 20.1 Å². The number of carbonyl (C=O) groups is 1. The number of hydrogen-bond acceptors (Lipinski definition) is 4. The molecule has 2 aromatic rings. The molecule has 0 aliphatic carbocycles. The zero-order valence-corrected chi connectivity index (χ0v) is 16.8. The van der Waals surface area contributed by atoms with Gasteiger partial charge in [-0.1, -0.05) is 45.0 Å². The molecule has 1 atom stereocenters. The molecule has 5 heteroatoms. The summed E-state index contributed by atoms with van der Waals surface area (Å²) in [5, 5.41) is 6.27. The lowest BCUT2D eigenvalue weighted by atomic mass is 9.95. The van der Waals surface area contributed by atoms with Crippen molar-refractivity contribution in [2.45, 2.75) is 33.2 Å². The highest BCUT2D eigenvalue weighted by Gasteiger charge is 2.17. The number of rotatable bonds is 9. The van der Waals surface area contributed by atoms with Gasteiger partial charge in [-0.3, -0.25) is 4.79 Å². The van der Waals surface area contributed by atoms with Gasteiger partial charge >= 0.3 is 0 Å². The van der Waals surface area contributed by atoms with Crippen LogP contribution in [0.1, 0.15) is 37.9 Å². The Morgan fingerprint density at radius 3 is 2.30 bits per heavy atom. The Kier molecular flexibility index (Phi) is 7.67. The van der Waals surface area contributed by atoms with Gasteiger partial charge in [-0.2, -0.15) is 0 Å². The average molecular weight is 370 g/mol. The third-order valence-electron chi connectivity index (χ3n) is 4.58. The molecule has 0 fully saturated rings. The average Bonchev–Trinajstić information content (AvgIpc) is 2.68.